The molecule has 0 fully saturated rings. The van der Waals surface area contributed by atoms with Gasteiger partial charge in [-0.05, 0) is 26.7 Å². The van der Waals surface area contributed by atoms with Gasteiger partial charge in [0.15, 0.2) is 0 Å². The molecule has 0 heterocycles. The fraction of sp³-hybridized carbons (Fsp3) is 1.00. The lowest BCUT2D eigenvalue weighted by Gasteiger charge is -2.36. The summed E-state index contributed by atoms with van der Waals surface area (Å²) in [5.41, 5.74) is 2.78. The minimum absolute atomic E-state index is 0.128. The van der Waals surface area contributed by atoms with Gasteiger partial charge in [-0.15, -0.1) is 0 Å². The number of nitrogens with one attached hydrogen (secondary N) is 1. The lowest BCUT2D eigenvalue weighted by molar-refractivity contribution is -0.0575. The Morgan fingerprint density at radius 3 is 2.33 bits per heavy atom. The number of hydrogen-bond acceptors (Lipinski definition) is 3. The fourth-order valence-electron chi connectivity index (χ4n) is 1.94. The normalized spacial score (nSPS) is 17.4. The maximum atomic E-state index is 5.82. The van der Waals surface area contributed by atoms with Crippen molar-refractivity contribution in [1.29, 1.82) is 0 Å². The molecule has 0 bridgehead atoms. The number of rotatable bonds is 9. The van der Waals surface area contributed by atoms with Crippen LogP contribution in [-0.2, 0) is 4.74 Å². The number of hydrazine groups is 1. The molecule has 15 heavy (non-hydrogen) atoms. The maximum absolute atomic E-state index is 5.82. The summed E-state index contributed by atoms with van der Waals surface area (Å²) >= 11 is 0. The maximum Gasteiger partial charge on any atom is 0.0817 e. The van der Waals surface area contributed by atoms with Gasteiger partial charge in [0.25, 0.3) is 0 Å². The van der Waals surface area contributed by atoms with Gasteiger partial charge in [-0.3, -0.25) is 11.3 Å². The lowest BCUT2D eigenvalue weighted by atomic mass is 9.89. The Hall–Kier alpha value is -0.120. The third kappa shape index (κ3) is 4.96. The van der Waals surface area contributed by atoms with E-state index in [0.717, 1.165) is 19.4 Å². The number of hydrogen-bond donors (Lipinski definition) is 2. The van der Waals surface area contributed by atoms with E-state index in [2.05, 4.69) is 26.2 Å². The summed E-state index contributed by atoms with van der Waals surface area (Å²) in [7, 11) is 0. The highest BCUT2D eigenvalue weighted by atomic mass is 16.5. The zero-order valence-electron chi connectivity index (χ0n) is 10.8. The Bertz CT molecular complexity index is 153. The van der Waals surface area contributed by atoms with Crippen molar-refractivity contribution in [3.63, 3.8) is 0 Å². The minimum Gasteiger partial charge on any atom is -0.374 e. The summed E-state index contributed by atoms with van der Waals surface area (Å²) in [6.07, 6.45) is 5.81. The topological polar surface area (TPSA) is 47.3 Å². The van der Waals surface area contributed by atoms with Crippen LogP contribution in [-0.4, -0.2) is 18.2 Å². The van der Waals surface area contributed by atoms with Gasteiger partial charge < -0.3 is 4.74 Å². The van der Waals surface area contributed by atoms with E-state index in [-0.39, 0.29) is 11.6 Å². The first kappa shape index (κ1) is 14.9. The molecular weight excluding hydrogens is 188 g/mol. The van der Waals surface area contributed by atoms with Crippen LogP contribution in [0.3, 0.4) is 0 Å². The Morgan fingerprint density at radius 1 is 1.27 bits per heavy atom. The smallest absolute Gasteiger partial charge is 0.0817 e. The number of unbranched alkanes of at least 4 members (excludes halogenated alkanes) is 2. The summed E-state index contributed by atoms with van der Waals surface area (Å²) in [6.45, 7) is 9.29. The van der Waals surface area contributed by atoms with Crippen LogP contribution in [0.5, 0.6) is 0 Å². The molecule has 0 spiro atoms. The molecule has 3 nitrogen and oxygen atoms in total. The summed E-state index contributed by atoms with van der Waals surface area (Å²) in [5, 5.41) is 0. The third-order valence-corrected chi connectivity index (χ3v) is 3.21. The van der Waals surface area contributed by atoms with Gasteiger partial charge in [-0.1, -0.05) is 33.1 Å². The average molecular weight is 216 g/mol. The van der Waals surface area contributed by atoms with Crippen LogP contribution in [0.15, 0.2) is 0 Å². The van der Waals surface area contributed by atoms with Gasteiger partial charge in [0, 0.05) is 12.6 Å². The van der Waals surface area contributed by atoms with Crippen molar-refractivity contribution in [2.75, 3.05) is 6.61 Å². The van der Waals surface area contributed by atoms with Gasteiger partial charge in [-0.2, -0.15) is 0 Å². The number of nitrogens with two attached hydrogens (primary N) is 1. The molecular formula is C12H28N2O. The summed E-state index contributed by atoms with van der Waals surface area (Å²) < 4.78 is 5.82. The van der Waals surface area contributed by atoms with E-state index in [1.54, 1.807) is 0 Å². The van der Waals surface area contributed by atoms with Crippen LogP contribution >= 0.6 is 0 Å². The average Bonchev–Trinajstić information content (AvgIpc) is 2.24. The fourth-order valence-corrected chi connectivity index (χ4v) is 1.94. The van der Waals surface area contributed by atoms with E-state index >= 15 is 0 Å². The molecule has 0 aliphatic carbocycles. The van der Waals surface area contributed by atoms with Crippen LogP contribution in [0, 0.1) is 0 Å². The summed E-state index contributed by atoms with van der Waals surface area (Å²) in [5.74, 6) is 5.62. The highest BCUT2D eigenvalue weighted by molar-refractivity contribution is 4.87. The van der Waals surface area contributed by atoms with E-state index in [1.807, 2.05) is 6.92 Å². The Balaban J connectivity index is 4.19. The van der Waals surface area contributed by atoms with Crippen LogP contribution in [0.4, 0.5) is 0 Å². The number of ether oxygens (including phenoxy) is 1. The first-order chi connectivity index (χ1) is 7.14. The zero-order valence-corrected chi connectivity index (χ0v) is 10.8. The zero-order chi connectivity index (χ0) is 11.7. The van der Waals surface area contributed by atoms with Crippen molar-refractivity contribution < 1.29 is 4.74 Å². The second kappa shape index (κ2) is 8.08. The first-order valence-corrected chi connectivity index (χ1v) is 6.24. The second-order valence-corrected chi connectivity index (χ2v) is 4.31. The van der Waals surface area contributed by atoms with Crippen molar-refractivity contribution in [2.45, 2.75) is 71.4 Å². The molecule has 0 saturated heterocycles. The summed E-state index contributed by atoms with van der Waals surface area (Å²) in [6, 6.07) is 0.258. The molecule has 0 saturated carbocycles. The quantitative estimate of drug-likeness (QED) is 0.354. The highest BCUT2D eigenvalue weighted by Crippen LogP contribution is 2.23. The van der Waals surface area contributed by atoms with Crippen molar-refractivity contribution >= 4 is 0 Å². The molecule has 2 atom stereocenters. The Morgan fingerprint density at radius 2 is 1.93 bits per heavy atom. The van der Waals surface area contributed by atoms with E-state index in [0.29, 0.717) is 0 Å². The highest BCUT2D eigenvalue weighted by Gasteiger charge is 2.31. The predicted octanol–water partition coefficient (Wildman–Crippen LogP) is 2.60. The molecule has 92 valence electrons. The van der Waals surface area contributed by atoms with E-state index in [4.69, 9.17) is 10.6 Å². The van der Waals surface area contributed by atoms with Crippen molar-refractivity contribution in [3.05, 3.63) is 0 Å². The van der Waals surface area contributed by atoms with Gasteiger partial charge in [0.05, 0.1) is 5.60 Å². The predicted molar refractivity (Wildman–Crippen MR) is 65.6 cm³/mol. The third-order valence-electron chi connectivity index (χ3n) is 3.21. The molecule has 0 amide bonds. The van der Waals surface area contributed by atoms with Crippen molar-refractivity contribution in [1.82, 2.24) is 5.43 Å². The monoisotopic (exact) mass is 216 g/mol. The van der Waals surface area contributed by atoms with Crippen LogP contribution in [0.25, 0.3) is 0 Å². The second-order valence-electron chi connectivity index (χ2n) is 4.31. The minimum atomic E-state index is -0.128. The molecule has 3 N–H and O–H groups in total. The molecule has 0 aromatic carbocycles. The molecule has 0 aromatic rings. The van der Waals surface area contributed by atoms with Crippen molar-refractivity contribution in [2.24, 2.45) is 5.84 Å². The van der Waals surface area contributed by atoms with Gasteiger partial charge in [0.2, 0.25) is 0 Å². The van der Waals surface area contributed by atoms with Gasteiger partial charge in [0.1, 0.15) is 0 Å². The SMILES string of the molecule is CCCCCC(NN)C(C)(CC)OCC. The van der Waals surface area contributed by atoms with Crippen LogP contribution < -0.4 is 11.3 Å². The van der Waals surface area contributed by atoms with Gasteiger partial charge in [-0.25, -0.2) is 0 Å². The molecule has 2 unspecified atom stereocenters. The van der Waals surface area contributed by atoms with E-state index < -0.39 is 0 Å². The van der Waals surface area contributed by atoms with E-state index in [9.17, 15) is 0 Å². The largest absolute Gasteiger partial charge is 0.374 e. The Kier molecular flexibility index (Phi) is 8.02. The first-order valence-electron chi connectivity index (χ1n) is 6.24. The standard InChI is InChI=1S/C12H28N2O/c1-5-8-9-10-11(14-13)12(4,6-2)15-7-3/h11,14H,5-10,13H2,1-4H3. The molecule has 0 aliphatic rings. The molecule has 0 radical (unpaired) electrons. The Labute approximate surface area is 94.7 Å². The molecule has 0 rings (SSSR count). The van der Waals surface area contributed by atoms with Gasteiger partial charge >= 0.3 is 0 Å². The molecule has 3 heteroatoms. The lowest BCUT2D eigenvalue weighted by Crippen LogP contribution is -2.52. The van der Waals surface area contributed by atoms with Crippen molar-refractivity contribution in [3.8, 4) is 0 Å². The summed E-state index contributed by atoms with van der Waals surface area (Å²) in [4.78, 5) is 0. The van der Waals surface area contributed by atoms with Crippen LogP contribution in [0.1, 0.15) is 59.8 Å². The molecule has 0 aromatic heterocycles. The van der Waals surface area contributed by atoms with E-state index in [1.165, 1.54) is 19.3 Å². The van der Waals surface area contributed by atoms with Crippen LogP contribution in [0.2, 0.25) is 0 Å². The molecule has 0 aliphatic heterocycles.